The molecule has 1 saturated heterocycles. The third-order valence-corrected chi connectivity index (χ3v) is 8.56. The van der Waals surface area contributed by atoms with Gasteiger partial charge in [0.1, 0.15) is 12.4 Å². The molecule has 1 amide bonds. The van der Waals surface area contributed by atoms with Crippen LogP contribution in [0.5, 0.6) is 11.5 Å². The summed E-state index contributed by atoms with van der Waals surface area (Å²) < 4.78 is 25.6. The number of fused-ring (bicyclic) bond motifs is 1. The van der Waals surface area contributed by atoms with Gasteiger partial charge in [-0.1, -0.05) is 36.8 Å². The molecule has 0 saturated carbocycles. The van der Waals surface area contributed by atoms with Crippen molar-refractivity contribution >= 4 is 5.91 Å². The summed E-state index contributed by atoms with van der Waals surface area (Å²) in [6.07, 6.45) is 11.2. The van der Waals surface area contributed by atoms with E-state index in [9.17, 15) is 9.18 Å². The molecule has 2 aromatic carbocycles. The molecule has 2 aliphatic heterocycles. The van der Waals surface area contributed by atoms with Crippen LogP contribution in [0.15, 0.2) is 73.1 Å². The molecule has 1 spiro atoms. The molecule has 3 aromatic rings. The van der Waals surface area contributed by atoms with Gasteiger partial charge < -0.3 is 14.4 Å². The standard InChI is InChI=1S/C34H42FN3O3/c35-30-10-2-4-12-32(30)40-24-7-13-33(39)38-21-17-34(18-22-38)16-6-5-9-29-8-1-3-11-31(29)41-25-23-37(27-34)26-28-14-19-36-20-15-28/h1-4,8,10-12,14-15,19-20H,5-7,9,13,16-18,21-27H2. The third-order valence-electron chi connectivity index (χ3n) is 8.56. The van der Waals surface area contributed by atoms with Crippen molar-refractivity contribution in [3.8, 4) is 11.5 Å². The lowest BCUT2D eigenvalue weighted by Gasteiger charge is -2.45. The van der Waals surface area contributed by atoms with Gasteiger partial charge in [0.05, 0.1) is 6.61 Å². The Bertz CT molecular complexity index is 1250. The third kappa shape index (κ3) is 8.29. The molecule has 1 fully saturated rings. The van der Waals surface area contributed by atoms with Gasteiger partial charge in [0.25, 0.3) is 0 Å². The molecule has 41 heavy (non-hydrogen) atoms. The van der Waals surface area contributed by atoms with E-state index in [1.807, 2.05) is 17.3 Å². The maximum absolute atomic E-state index is 13.8. The lowest BCUT2D eigenvalue weighted by molar-refractivity contribution is -0.134. The first kappa shape index (κ1) is 29.1. The number of aromatic nitrogens is 1. The molecule has 0 unspecified atom stereocenters. The van der Waals surface area contributed by atoms with Crippen molar-refractivity contribution < 1.29 is 18.7 Å². The number of carbonyl (C=O) groups is 1. The first-order valence-electron chi connectivity index (χ1n) is 15.1. The number of likely N-dealkylation sites (tertiary alicyclic amines) is 1. The van der Waals surface area contributed by atoms with Crippen molar-refractivity contribution in [2.24, 2.45) is 5.41 Å². The van der Waals surface area contributed by atoms with Gasteiger partial charge in [0.2, 0.25) is 5.91 Å². The number of aryl methyl sites for hydroxylation is 1. The van der Waals surface area contributed by atoms with Gasteiger partial charge in [-0.25, -0.2) is 4.39 Å². The van der Waals surface area contributed by atoms with Gasteiger partial charge in [-0.3, -0.25) is 14.7 Å². The van der Waals surface area contributed by atoms with E-state index < -0.39 is 0 Å². The minimum atomic E-state index is -0.370. The highest BCUT2D eigenvalue weighted by Crippen LogP contribution is 2.39. The molecule has 0 bridgehead atoms. The Morgan fingerprint density at radius 3 is 2.56 bits per heavy atom. The second kappa shape index (κ2) is 14.4. The molecule has 0 atom stereocenters. The Balaban J connectivity index is 1.19. The van der Waals surface area contributed by atoms with E-state index in [4.69, 9.17) is 9.47 Å². The summed E-state index contributed by atoms with van der Waals surface area (Å²) in [6.45, 7) is 5.27. The smallest absolute Gasteiger partial charge is 0.222 e. The summed E-state index contributed by atoms with van der Waals surface area (Å²) >= 11 is 0. The van der Waals surface area contributed by atoms with E-state index in [0.717, 1.165) is 64.2 Å². The van der Waals surface area contributed by atoms with E-state index in [-0.39, 0.29) is 22.9 Å². The topological polar surface area (TPSA) is 54.9 Å². The molecule has 0 aliphatic carbocycles. The summed E-state index contributed by atoms with van der Waals surface area (Å²) in [5, 5.41) is 0. The maximum Gasteiger partial charge on any atom is 0.222 e. The van der Waals surface area contributed by atoms with Crippen molar-refractivity contribution in [1.29, 1.82) is 0 Å². The number of halogens is 1. The number of para-hydroxylation sites is 2. The van der Waals surface area contributed by atoms with Crippen LogP contribution in [-0.2, 0) is 17.8 Å². The molecular formula is C34H42FN3O3. The van der Waals surface area contributed by atoms with Gasteiger partial charge in [-0.05, 0) is 85.4 Å². The molecule has 6 nitrogen and oxygen atoms in total. The highest BCUT2D eigenvalue weighted by molar-refractivity contribution is 5.76. The number of ether oxygens (including phenoxy) is 2. The zero-order chi connectivity index (χ0) is 28.3. The monoisotopic (exact) mass is 559 g/mol. The van der Waals surface area contributed by atoms with Crippen LogP contribution in [0.25, 0.3) is 0 Å². The number of hydrogen-bond donors (Lipinski definition) is 0. The molecule has 218 valence electrons. The van der Waals surface area contributed by atoms with Crippen LogP contribution in [0.4, 0.5) is 4.39 Å². The van der Waals surface area contributed by atoms with Gasteiger partial charge in [0, 0.05) is 51.5 Å². The van der Waals surface area contributed by atoms with Crippen LogP contribution in [0.2, 0.25) is 0 Å². The van der Waals surface area contributed by atoms with Gasteiger partial charge in [0.15, 0.2) is 11.6 Å². The molecule has 1 aromatic heterocycles. The van der Waals surface area contributed by atoms with Crippen LogP contribution >= 0.6 is 0 Å². The Hall–Kier alpha value is -3.45. The molecule has 7 heteroatoms. The van der Waals surface area contributed by atoms with Crippen LogP contribution in [0.1, 0.15) is 56.1 Å². The number of amides is 1. The lowest BCUT2D eigenvalue weighted by Crippen LogP contribution is -2.48. The Kier molecular flexibility index (Phi) is 10.2. The SMILES string of the molecule is O=C(CCCOc1ccccc1F)N1CCC2(CCCCc3ccccc3OCCN(Cc3ccncc3)C2)CC1. The highest BCUT2D eigenvalue weighted by atomic mass is 19.1. The number of benzene rings is 2. The van der Waals surface area contributed by atoms with Gasteiger partial charge in [-0.15, -0.1) is 0 Å². The van der Waals surface area contributed by atoms with Gasteiger partial charge in [-0.2, -0.15) is 0 Å². The maximum atomic E-state index is 13.8. The van der Waals surface area contributed by atoms with Crippen LogP contribution in [-0.4, -0.2) is 60.1 Å². The predicted octanol–water partition coefficient (Wildman–Crippen LogP) is 6.30. The zero-order valence-electron chi connectivity index (χ0n) is 24.0. The van der Waals surface area contributed by atoms with Crippen molar-refractivity contribution in [3.63, 3.8) is 0 Å². The van der Waals surface area contributed by atoms with Crippen molar-refractivity contribution in [2.45, 2.75) is 57.9 Å². The minimum Gasteiger partial charge on any atom is -0.492 e. The largest absolute Gasteiger partial charge is 0.492 e. The van der Waals surface area contributed by atoms with E-state index in [0.29, 0.717) is 26.1 Å². The zero-order valence-corrected chi connectivity index (χ0v) is 24.0. The fraction of sp³-hybridized carbons (Fsp3) is 0.471. The molecular weight excluding hydrogens is 517 g/mol. The number of nitrogens with zero attached hydrogens (tertiary/aromatic N) is 3. The highest BCUT2D eigenvalue weighted by Gasteiger charge is 2.37. The van der Waals surface area contributed by atoms with Crippen LogP contribution < -0.4 is 9.47 Å². The minimum absolute atomic E-state index is 0.170. The van der Waals surface area contributed by atoms with E-state index in [2.05, 4.69) is 46.3 Å². The fourth-order valence-electron chi connectivity index (χ4n) is 6.23. The van der Waals surface area contributed by atoms with E-state index in [1.54, 1.807) is 18.2 Å². The molecule has 2 aliphatic rings. The molecule has 3 heterocycles. The summed E-state index contributed by atoms with van der Waals surface area (Å²) in [5.41, 5.74) is 2.73. The van der Waals surface area contributed by atoms with Gasteiger partial charge >= 0.3 is 0 Å². The number of piperidine rings is 1. The van der Waals surface area contributed by atoms with Crippen LogP contribution in [0, 0.1) is 11.2 Å². The summed E-state index contributed by atoms with van der Waals surface area (Å²) in [4.78, 5) is 21.8. The van der Waals surface area contributed by atoms with Crippen molar-refractivity contribution in [3.05, 3.63) is 90.0 Å². The molecule has 5 rings (SSSR count). The second-order valence-corrected chi connectivity index (χ2v) is 11.5. The number of carbonyl (C=O) groups excluding carboxylic acids is 1. The van der Waals surface area contributed by atoms with Crippen LogP contribution in [0.3, 0.4) is 0 Å². The first-order valence-corrected chi connectivity index (χ1v) is 15.1. The Morgan fingerprint density at radius 2 is 1.73 bits per heavy atom. The normalized spacial score (nSPS) is 18.0. The summed E-state index contributed by atoms with van der Waals surface area (Å²) in [7, 11) is 0. The number of hydrogen-bond acceptors (Lipinski definition) is 5. The quantitative estimate of drug-likeness (QED) is 0.318. The average molecular weight is 560 g/mol. The van der Waals surface area contributed by atoms with E-state index in [1.165, 1.54) is 30.0 Å². The van der Waals surface area contributed by atoms with Crippen molar-refractivity contribution in [2.75, 3.05) is 39.4 Å². The summed E-state index contributed by atoms with van der Waals surface area (Å²) in [5.74, 6) is 1.06. The first-order chi connectivity index (χ1) is 20.1. The Labute approximate surface area is 243 Å². The Morgan fingerprint density at radius 1 is 0.951 bits per heavy atom. The second-order valence-electron chi connectivity index (χ2n) is 11.5. The molecule has 0 N–H and O–H groups in total. The average Bonchev–Trinajstić information content (AvgIpc) is 2.99. The number of rotatable bonds is 7. The van der Waals surface area contributed by atoms with Crippen molar-refractivity contribution in [1.82, 2.24) is 14.8 Å². The molecule has 0 radical (unpaired) electrons. The fourth-order valence-corrected chi connectivity index (χ4v) is 6.23. The van der Waals surface area contributed by atoms with E-state index >= 15 is 0 Å². The summed E-state index contributed by atoms with van der Waals surface area (Å²) in [6, 6.07) is 19.0. The predicted molar refractivity (Wildman–Crippen MR) is 158 cm³/mol. The lowest BCUT2D eigenvalue weighted by atomic mass is 9.73. The number of pyridine rings is 1.